The van der Waals surface area contributed by atoms with E-state index >= 15 is 0 Å². The normalized spacial score (nSPS) is 13.3. The first kappa shape index (κ1) is 12.8. The second kappa shape index (κ2) is 4.57. The molecule has 0 fully saturated rings. The van der Waals surface area contributed by atoms with Crippen LogP contribution in [0.15, 0.2) is 70.5 Å². The lowest BCUT2D eigenvalue weighted by Crippen LogP contribution is -2.31. The molecule has 0 N–H and O–H groups in total. The van der Waals surface area contributed by atoms with Gasteiger partial charge in [0.2, 0.25) is 0 Å². The van der Waals surface area contributed by atoms with Crippen LogP contribution in [0.25, 0.3) is 0 Å². The number of hydrogen-bond donors (Lipinski definition) is 1. The highest BCUT2D eigenvalue weighted by molar-refractivity contribution is 8.04. The first-order valence-electron chi connectivity index (χ1n) is 5.24. The van der Waals surface area contributed by atoms with Crippen LogP contribution in [0.4, 0.5) is 13.2 Å². The minimum absolute atomic E-state index is 0.191. The monoisotopic (exact) mass is 272 g/mol. The van der Waals surface area contributed by atoms with Crippen molar-refractivity contribution in [2.75, 3.05) is 0 Å². The zero-order valence-electron chi connectivity index (χ0n) is 9.26. The summed E-state index contributed by atoms with van der Waals surface area (Å²) in [4.78, 5) is -0.382. The number of rotatable bonds is 2. The van der Waals surface area contributed by atoms with Gasteiger partial charge in [0.1, 0.15) is 0 Å². The Labute approximate surface area is 104 Å². The third-order valence-corrected chi connectivity index (χ3v) is 5.36. The fourth-order valence-corrected chi connectivity index (χ4v) is 3.79. The average Bonchev–Trinajstić information content (AvgIpc) is 2.38. The molecule has 0 radical (unpaired) electrons. The van der Waals surface area contributed by atoms with Crippen molar-refractivity contribution in [3.05, 3.63) is 60.7 Å². The summed E-state index contributed by atoms with van der Waals surface area (Å²) in [5.41, 5.74) is -4.78. The van der Waals surface area contributed by atoms with E-state index in [1.54, 1.807) is 12.1 Å². The van der Waals surface area contributed by atoms with Crippen molar-refractivity contribution in [2.24, 2.45) is 0 Å². The van der Waals surface area contributed by atoms with E-state index in [1.807, 2.05) is 0 Å². The molecular formula is C13H11F3OS. The first-order chi connectivity index (χ1) is 8.46. The van der Waals surface area contributed by atoms with E-state index in [1.165, 1.54) is 48.5 Å². The molecule has 0 aliphatic carbocycles. The molecule has 0 amide bonds. The molecule has 2 aromatic rings. The lowest BCUT2D eigenvalue weighted by Gasteiger charge is -2.27. The zero-order chi connectivity index (χ0) is 13.2. The summed E-state index contributed by atoms with van der Waals surface area (Å²) >= 11 is 0. The lowest BCUT2D eigenvalue weighted by atomic mass is 10.4. The summed E-state index contributed by atoms with van der Waals surface area (Å²) in [6, 6.07) is 14.0. The van der Waals surface area contributed by atoms with E-state index < -0.39 is 15.4 Å². The molecule has 2 rings (SSSR count). The van der Waals surface area contributed by atoms with Crippen LogP contribution in [0.1, 0.15) is 0 Å². The van der Waals surface area contributed by atoms with E-state index in [-0.39, 0.29) is 9.79 Å². The molecule has 2 aromatic carbocycles. The van der Waals surface area contributed by atoms with Crippen molar-refractivity contribution in [1.82, 2.24) is 0 Å². The van der Waals surface area contributed by atoms with Crippen LogP contribution >= 0.6 is 0 Å². The molecule has 5 heteroatoms. The van der Waals surface area contributed by atoms with E-state index in [0.29, 0.717) is 0 Å². The van der Waals surface area contributed by atoms with E-state index in [0.717, 1.165) is 0 Å². The summed E-state index contributed by atoms with van der Waals surface area (Å²) in [7, 11) is -4.61. The molecule has 0 aliphatic heterocycles. The number of hydrogen-bond acceptors (Lipinski definition) is 1. The summed E-state index contributed by atoms with van der Waals surface area (Å²) in [6.45, 7) is 0. The van der Waals surface area contributed by atoms with Gasteiger partial charge in [-0.25, -0.2) is 0 Å². The lowest BCUT2D eigenvalue weighted by molar-refractivity contribution is -0.0419. The van der Waals surface area contributed by atoms with Crippen molar-refractivity contribution < 1.29 is 17.4 Å². The van der Waals surface area contributed by atoms with Gasteiger partial charge in [0.05, 0.1) is 0 Å². The van der Waals surface area contributed by atoms with Crippen LogP contribution in [-0.2, 0) is 9.93 Å². The Morgan fingerprint density at radius 2 is 1.06 bits per heavy atom. The molecule has 0 unspecified atom stereocenters. The minimum atomic E-state index is -4.78. The Hall–Kier alpha value is -1.62. The molecule has 0 aromatic heterocycles. The molecule has 0 saturated carbocycles. The third kappa shape index (κ3) is 2.06. The van der Waals surface area contributed by atoms with Gasteiger partial charge in [0, 0.05) is 19.7 Å². The molecular weight excluding hydrogens is 261 g/mol. The van der Waals surface area contributed by atoms with E-state index in [9.17, 15) is 17.4 Å². The SMILES string of the molecule is O=[SH](c1ccccc1)(c1ccccc1)C(F)(F)F. The Morgan fingerprint density at radius 1 is 0.722 bits per heavy atom. The van der Waals surface area contributed by atoms with Gasteiger partial charge in [-0.3, -0.25) is 4.21 Å². The van der Waals surface area contributed by atoms with Gasteiger partial charge in [-0.15, -0.1) is 0 Å². The zero-order valence-corrected chi connectivity index (χ0v) is 10.2. The molecule has 0 atom stereocenters. The van der Waals surface area contributed by atoms with Crippen molar-refractivity contribution >= 4 is 9.93 Å². The van der Waals surface area contributed by atoms with Crippen molar-refractivity contribution in [2.45, 2.75) is 15.3 Å². The largest absolute Gasteiger partial charge is 0.456 e. The van der Waals surface area contributed by atoms with Crippen molar-refractivity contribution in [3.63, 3.8) is 0 Å². The molecule has 96 valence electrons. The minimum Gasteiger partial charge on any atom is -0.268 e. The fourth-order valence-electron chi connectivity index (χ4n) is 1.72. The second-order valence-electron chi connectivity index (χ2n) is 3.75. The first-order valence-corrected chi connectivity index (χ1v) is 6.95. The number of thiol groups is 1. The highest BCUT2D eigenvalue weighted by Gasteiger charge is 2.47. The van der Waals surface area contributed by atoms with Gasteiger partial charge >= 0.3 is 5.51 Å². The Kier molecular flexibility index (Phi) is 3.26. The molecule has 0 bridgehead atoms. The van der Waals surface area contributed by atoms with Gasteiger partial charge < -0.3 is 0 Å². The highest BCUT2D eigenvalue weighted by atomic mass is 32.2. The van der Waals surface area contributed by atoms with Crippen molar-refractivity contribution in [3.8, 4) is 0 Å². The number of benzene rings is 2. The van der Waals surface area contributed by atoms with Crippen LogP contribution in [0.3, 0.4) is 0 Å². The van der Waals surface area contributed by atoms with Gasteiger partial charge in [-0.05, 0) is 24.3 Å². The Morgan fingerprint density at radius 3 is 1.33 bits per heavy atom. The Balaban J connectivity index is 2.68. The summed E-state index contributed by atoms with van der Waals surface area (Å²) in [5.74, 6) is 0. The summed E-state index contributed by atoms with van der Waals surface area (Å²) in [6.07, 6.45) is 0. The maximum Gasteiger partial charge on any atom is 0.456 e. The fraction of sp³-hybridized carbons (Fsp3) is 0.0769. The van der Waals surface area contributed by atoms with Crippen molar-refractivity contribution in [1.29, 1.82) is 0 Å². The van der Waals surface area contributed by atoms with Crippen LogP contribution in [0.2, 0.25) is 0 Å². The van der Waals surface area contributed by atoms with Gasteiger partial charge in [-0.2, -0.15) is 13.2 Å². The van der Waals surface area contributed by atoms with E-state index in [2.05, 4.69) is 0 Å². The quantitative estimate of drug-likeness (QED) is 0.826. The molecule has 0 saturated heterocycles. The predicted octanol–water partition coefficient (Wildman–Crippen LogP) is 3.64. The number of alkyl halides is 3. The second-order valence-corrected chi connectivity index (χ2v) is 6.51. The predicted molar refractivity (Wildman–Crippen MR) is 65.0 cm³/mol. The maximum absolute atomic E-state index is 13.2. The molecule has 1 nitrogen and oxygen atoms in total. The average molecular weight is 272 g/mol. The standard InChI is InChI=1S/C13H11F3OS/c14-13(15,16)18(17,11-7-3-1-4-8-11)12-9-5-2-6-10-12/h1-10,18H. The maximum atomic E-state index is 13.2. The molecule has 0 aliphatic rings. The van der Waals surface area contributed by atoms with Crippen LogP contribution in [-0.4, -0.2) is 9.72 Å². The summed E-state index contributed by atoms with van der Waals surface area (Å²) < 4.78 is 52.2. The summed E-state index contributed by atoms with van der Waals surface area (Å²) in [5, 5.41) is 0. The van der Waals surface area contributed by atoms with Gasteiger partial charge in [0.25, 0.3) is 0 Å². The molecule has 0 spiro atoms. The number of halogens is 3. The van der Waals surface area contributed by atoms with Gasteiger partial charge in [-0.1, -0.05) is 36.4 Å². The van der Waals surface area contributed by atoms with Crippen LogP contribution in [0, 0.1) is 0 Å². The van der Waals surface area contributed by atoms with Crippen LogP contribution < -0.4 is 0 Å². The Bertz CT molecular complexity index is 520. The molecule has 0 heterocycles. The molecule has 18 heavy (non-hydrogen) atoms. The third-order valence-electron chi connectivity index (χ3n) is 2.60. The van der Waals surface area contributed by atoms with Crippen LogP contribution in [0.5, 0.6) is 0 Å². The smallest absolute Gasteiger partial charge is 0.268 e. The van der Waals surface area contributed by atoms with Gasteiger partial charge in [0.15, 0.2) is 0 Å². The highest BCUT2D eigenvalue weighted by Crippen LogP contribution is 2.42. The topological polar surface area (TPSA) is 17.1 Å². The van der Waals surface area contributed by atoms with E-state index in [4.69, 9.17) is 0 Å².